The summed E-state index contributed by atoms with van der Waals surface area (Å²) < 4.78 is 39.5. The summed E-state index contributed by atoms with van der Waals surface area (Å²) in [5.41, 5.74) is 2.34. The second kappa shape index (κ2) is 10.1. The molecule has 0 radical (unpaired) electrons. The normalized spacial score (nSPS) is 19.7. The van der Waals surface area contributed by atoms with Crippen molar-refractivity contribution in [1.82, 2.24) is 20.2 Å². The van der Waals surface area contributed by atoms with E-state index in [9.17, 15) is 13.2 Å². The summed E-state index contributed by atoms with van der Waals surface area (Å²) in [7, 11) is -2.22. The molecule has 0 aliphatic carbocycles. The van der Waals surface area contributed by atoms with Crippen LogP contribution in [0, 0.1) is 0 Å². The molecule has 12 heteroatoms. The second-order valence-corrected chi connectivity index (χ2v) is 8.07. The second-order valence-electron chi connectivity index (χ2n) is 6.03. The first kappa shape index (κ1) is 23.1. The molecule has 0 aromatic heterocycles. The van der Waals surface area contributed by atoms with Crippen LogP contribution in [0.25, 0.3) is 0 Å². The lowest BCUT2D eigenvalue weighted by Gasteiger charge is -2.25. The molecule has 1 amide bonds. The molecule has 2 rings (SSSR count). The first-order valence-electron chi connectivity index (χ1n) is 9.12. The molecule has 2 aliphatic rings. The third-order valence-electron chi connectivity index (χ3n) is 4.08. The minimum Gasteiger partial charge on any atom is -0.481 e. The number of ether oxygens (including phenoxy) is 2. The van der Waals surface area contributed by atoms with E-state index in [-0.39, 0.29) is 42.1 Å². The highest BCUT2D eigenvalue weighted by molar-refractivity contribution is 7.86. The molecule has 1 saturated heterocycles. The maximum atomic E-state index is 12.8. The van der Waals surface area contributed by atoms with Crippen molar-refractivity contribution in [1.29, 1.82) is 0 Å². The standard InChI is InChI=1S/C17H26N4O6S2/c1-5-9-21-16(22)14(26-17(21)28)15-19(7-3)12-13(25-4)20(15)10-8-11-29(23,24)27-18-6-2/h5,12,18H,1,6-11H2,2-4H3/b15-14+. The predicted molar refractivity (Wildman–Crippen MR) is 110 cm³/mol. The van der Waals surface area contributed by atoms with Crippen molar-refractivity contribution in [3.63, 3.8) is 0 Å². The molecule has 0 atom stereocenters. The first-order valence-corrected chi connectivity index (χ1v) is 11.1. The van der Waals surface area contributed by atoms with E-state index in [0.717, 1.165) is 0 Å². The maximum absolute atomic E-state index is 12.8. The van der Waals surface area contributed by atoms with Crippen molar-refractivity contribution in [3.8, 4) is 0 Å². The molecule has 1 N–H and O–H groups in total. The van der Waals surface area contributed by atoms with Gasteiger partial charge in [-0.05, 0) is 25.6 Å². The monoisotopic (exact) mass is 446 g/mol. The molecule has 0 unspecified atom stereocenters. The highest BCUT2D eigenvalue weighted by Crippen LogP contribution is 2.32. The van der Waals surface area contributed by atoms with Crippen LogP contribution in [0.1, 0.15) is 20.3 Å². The van der Waals surface area contributed by atoms with Crippen molar-refractivity contribution < 1.29 is 27.0 Å². The summed E-state index contributed by atoms with van der Waals surface area (Å²) in [6.45, 7) is 8.64. The number of hydroxylamine groups is 1. The number of carbonyl (C=O) groups excluding carboxylic acids is 1. The molecular formula is C17H26N4O6S2. The van der Waals surface area contributed by atoms with E-state index in [2.05, 4.69) is 16.3 Å². The van der Waals surface area contributed by atoms with Crippen LogP contribution in [0.4, 0.5) is 0 Å². The Balaban J connectivity index is 2.26. The predicted octanol–water partition coefficient (Wildman–Crippen LogP) is 0.829. The van der Waals surface area contributed by atoms with Gasteiger partial charge in [-0.2, -0.15) is 18.2 Å². The molecule has 0 aromatic rings. The van der Waals surface area contributed by atoms with Gasteiger partial charge in [0, 0.05) is 26.2 Å². The molecule has 1 fully saturated rings. The number of hydrogen-bond acceptors (Lipinski definition) is 10. The Hall–Kier alpha value is -2.15. The molecule has 29 heavy (non-hydrogen) atoms. The van der Waals surface area contributed by atoms with Crippen molar-refractivity contribution in [2.24, 2.45) is 0 Å². The summed E-state index contributed by atoms with van der Waals surface area (Å²) in [6.07, 6.45) is 3.51. The van der Waals surface area contributed by atoms with Crippen molar-refractivity contribution in [2.75, 3.05) is 39.0 Å². The zero-order chi connectivity index (χ0) is 21.6. The number of nitrogens with zero attached hydrogens (tertiary/aromatic N) is 3. The summed E-state index contributed by atoms with van der Waals surface area (Å²) in [6, 6.07) is 0. The SMILES string of the molecule is C=CCN1C(=O)/C(=C2/N(CC)C=C(OC)N2CCCS(=O)(=O)ONCC)OC1=S. The molecule has 2 heterocycles. The van der Waals surface area contributed by atoms with E-state index in [1.807, 2.05) is 6.92 Å². The van der Waals surface area contributed by atoms with Crippen molar-refractivity contribution in [3.05, 3.63) is 36.3 Å². The van der Waals surface area contributed by atoms with Gasteiger partial charge in [0.15, 0.2) is 5.82 Å². The smallest absolute Gasteiger partial charge is 0.301 e. The highest BCUT2D eigenvalue weighted by atomic mass is 32.2. The van der Waals surface area contributed by atoms with Crippen LogP contribution in [0.3, 0.4) is 0 Å². The summed E-state index contributed by atoms with van der Waals surface area (Å²) in [4.78, 5) is 17.6. The largest absolute Gasteiger partial charge is 0.481 e. The average molecular weight is 447 g/mol. The first-order chi connectivity index (χ1) is 13.8. The van der Waals surface area contributed by atoms with Gasteiger partial charge in [-0.25, -0.2) is 0 Å². The zero-order valence-corrected chi connectivity index (χ0v) is 18.3. The molecule has 0 spiro atoms. The Morgan fingerprint density at radius 2 is 2.07 bits per heavy atom. The molecular weight excluding hydrogens is 420 g/mol. The third-order valence-corrected chi connectivity index (χ3v) is 5.54. The topological polar surface area (TPSA) is 101 Å². The van der Waals surface area contributed by atoms with E-state index in [1.54, 1.807) is 29.0 Å². The molecule has 2 aliphatic heterocycles. The molecule has 0 bridgehead atoms. The number of rotatable bonds is 11. The van der Waals surface area contributed by atoms with Gasteiger partial charge in [-0.3, -0.25) is 14.6 Å². The van der Waals surface area contributed by atoms with Crippen LogP contribution in [0.2, 0.25) is 0 Å². The maximum Gasteiger partial charge on any atom is 0.301 e. The van der Waals surface area contributed by atoms with Gasteiger partial charge in [-0.1, -0.05) is 13.0 Å². The number of carbonyl (C=O) groups is 1. The van der Waals surface area contributed by atoms with Gasteiger partial charge < -0.3 is 14.4 Å². The van der Waals surface area contributed by atoms with Crippen LogP contribution in [-0.4, -0.2) is 73.2 Å². The Bertz CT molecular complexity index is 824. The van der Waals surface area contributed by atoms with Crippen molar-refractivity contribution >= 4 is 33.4 Å². The lowest BCUT2D eigenvalue weighted by Crippen LogP contribution is -2.32. The minimum absolute atomic E-state index is 0.0425. The lowest BCUT2D eigenvalue weighted by atomic mass is 10.3. The Morgan fingerprint density at radius 3 is 2.66 bits per heavy atom. The van der Waals surface area contributed by atoms with Gasteiger partial charge in [0.1, 0.15) is 0 Å². The number of amides is 1. The minimum atomic E-state index is -3.72. The number of methoxy groups -OCH3 is 1. The van der Waals surface area contributed by atoms with E-state index in [1.165, 1.54) is 12.0 Å². The fourth-order valence-corrected chi connectivity index (χ4v) is 3.91. The number of thiocarbonyl (C=S) groups is 1. The third kappa shape index (κ3) is 5.26. The van der Waals surface area contributed by atoms with Crippen LogP contribution < -0.4 is 5.48 Å². The average Bonchev–Trinajstić information content (AvgIpc) is 3.18. The summed E-state index contributed by atoms with van der Waals surface area (Å²) in [5.74, 6) is 0.381. The van der Waals surface area contributed by atoms with E-state index >= 15 is 0 Å². The fraction of sp³-hybridized carbons (Fsp3) is 0.529. The van der Waals surface area contributed by atoms with Gasteiger partial charge in [-0.15, -0.1) is 6.58 Å². The Morgan fingerprint density at radius 1 is 1.34 bits per heavy atom. The van der Waals surface area contributed by atoms with E-state index in [0.29, 0.717) is 24.8 Å². The quantitative estimate of drug-likeness (QED) is 0.213. The van der Waals surface area contributed by atoms with Gasteiger partial charge >= 0.3 is 5.91 Å². The Kier molecular flexibility index (Phi) is 8.02. The fourth-order valence-electron chi connectivity index (χ4n) is 2.81. The summed E-state index contributed by atoms with van der Waals surface area (Å²) >= 11 is 5.16. The van der Waals surface area contributed by atoms with Crippen LogP contribution in [0.5, 0.6) is 0 Å². The van der Waals surface area contributed by atoms with Crippen LogP contribution in [-0.2, 0) is 28.7 Å². The van der Waals surface area contributed by atoms with E-state index in [4.69, 9.17) is 21.7 Å². The summed E-state index contributed by atoms with van der Waals surface area (Å²) in [5, 5.41) is 0.0425. The van der Waals surface area contributed by atoms with Gasteiger partial charge in [0.25, 0.3) is 15.3 Å². The molecule has 0 saturated carbocycles. The van der Waals surface area contributed by atoms with E-state index < -0.39 is 10.1 Å². The molecule has 10 nitrogen and oxygen atoms in total. The highest BCUT2D eigenvalue weighted by Gasteiger charge is 2.41. The van der Waals surface area contributed by atoms with Crippen molar-refractivity contribution in [2.45, 2.75) is 20.3 Å². The number of hydrogen-bond donors (Lipinski definition) is 1. The number of nitrogens with one attached hydrogen (secondary N) is 1. The van der Waals surface area contributed by atoms with Gasteiger partial charge in [0.2, 0.25) is 11.6 Å². The zero-order valence-electron chi connectivity index (χ0n) is 16.7. The van der Waals surface area contributed by atoms with Crippen LogP contribution >= 0.6 is 12.2 Å². The van der Waals surface area contributed by atoms with Crippen LogP contribution in [0.15, 0.2) is 36.3 Å². The Labute approximate surface area is 176 Å². The van der Waals surface area contributed by atoms with Gasteiger partial charge in [0.05, 0.1) is 19.1 Å². The molecule has 162 valence electrons. The molecule has 0 aromatic carbocycles. The lowest BCUT2D eigenvalue weighted by molar-refractivity contribution is -0.122.